The van der Waals surface area contributed by atoms with Crippen molar-refractivity contribution in [3.63, 3.8) is 0 Å². The fourth-order valence-corrected chi connectivity index (χ4v) is 3.77. The maximum absolute atomic E-state index is 12.4. The van der Waals surface area contributed by atoms with Crippen LogP contribution in [0.3, 0.4) is 0 Å². The Morgan fingerprint density at radius 1 is 1.21 bits per heavy atom. The van der Waals surface area contributed by atoms with Gasteiger partial charge < -0.3 is 0 Å². The van der Waals surface area contributed by atoms with Crippen LogP contribution in [0.2, 0.25) is 0 Å². The van der Waals surface area contributed by atoms with Gasteiger partial charge in [0.15, 0.2) is 0 Å². The zero-order chi connectivity index (χ0) is 13.9. The van der Waals surface area contributed by atoms with Crippen molar-refractivity contribution >= 4 is 26.0 Å². The Balaban J connectivity index is 2.28. The number of sulfonamides is 1. The zero-order valence-electron chi connectivity index (χ0n) is 10.3. The van der Waals surface area contributed by atoms with Gasteiger partial charge in [-0.3, -0.25) is 4.98 Å². The lowest BCUT2D eigenvalue weighted by Gasteiger charge is -2.17. The number of hydrogen-bond acceptors (Lipinski definition) is 3. The number of aromatic nitrogens is 1. The first kappa shape index (κ1) is 14.2. The molecule has 0 N–H and O–H groups in total. The van der Waals surface area contributed by atoms with Crippen LogP contribution in [0.1, 0.15) is 5.56 Å². The highest BCUT2D eigenvalue weighted by Gasteiger charge is 2.22. The highest BCUT2D eigenvalue weighted by atomic mass is 79.9. The maximum Gasteiger partial charge on any atom is 0.244 e. The molecule has 6 heteroatoms. The molecular weight excluding hydrogens is 328 g/mol. The van der Waals surface area contributed by atoms with E-state index in [0.717, 1.165) is 5.56 Å². The van der Waals surface area contributed by atoms with Crippen LogP contribution in [0.5, 0.6) is 0 Å². The molecule has 100 valence electrons. The van der Waals surface area contributed by atoms with Crippen molar-refractivity contribution in [2.24, 2.45) is 0 Å². The van der Waals surface area contributed by atoms with Gasteiger partial charge in [0.1, 0.15) is 0 Å². The van der Waals surface area contributed by atoms with Crippen molar-refractivity contribution in [2.75, 3.05) is 7.05 Å². The van der Waals surface area contributed by atoms with Crippen LogP contribution >= 0.6 is 15.9 Å². The molecule has 0 unspecified atom stereocenters. The number of hydrogen-bond donors (Lipinski definition) is 0. The molecule has 0 radical (unpaired) electrons. The van der Waals surface area contributed by atoms with Crippen molar-refractivity contribution in [1.82, 2.24) is 9.29 Å². The third-order valence-electron chi connectivity index (χ3n) is 2.65. The molecule has 0 aliphatic rings. The summed E-state index contributed by atoms with van der Waals surface area (Å²) in [6.45, 7) is 0.289. The number of halogens is 1. The predicted molar refractivity (Wildman–Crippen MR) is 77.0 cm³/mol. The van der Waals surface area contributed by atoms with E-state index in [2.05, 4.69) is 20.9 Å². The summed E-state index contributed by atoms with van der Waals surface area (Å²) in [7, 11) is -1.95. The zero-order valence-corrected chi connectivity index (χ0v) is 12.7. The van der Waals surface area contributed by atoms with E-state index in [1.165, 1.54) is 4.31 Å². The van der Waals surface area contributed by atoms with Crippen molar-refractivity contribution in [2.45, 2.75) is 11.4 Å². The second-order valence-electron chi connectivity index (χ2n) is 4.05. The Morgan fingerprint density at radius 2 is 1.95 bits per heavy atom. The normalized spacial score (nSPS) is 11.7. The summed E-state index contributed by atoms with van der Waals surface area (Å²) < 4.78 is 26.7. The lowest BCUT2D eigenvalue weighted by atomic mass is 10.3. The molecule has 0 spiro atoms. The smallest absolute Gasteiger partial charge is 0.244 e. The Bertz CT molecular complexity index is 659. The molecule has 19 heavy (non-hydrogen) atoms. The van der Waals surface area contributed by atoms with Crippen LogP contribution in [0.15, 0.2) is 58.2 Å². The Kier molecular flexibility index (Phi) is 4.34. The van der Waals surface area contributed by atoms with E-state index in [1.54, 1.807) is 49.8 Å². The fourth-order valence-electron chi connectivity index (χ4n) is 1.66. The lowest BCUT2D eigenvalue weighted by Crippen LogP contribution is -2.26. The summed E-state index contributed by atoms with van der Waals surface area (Å²) in [4.78, 5) is 4.24. The molecule has 0 aliphatic carbocycles. The van der Waals surface area contributed by atoms with Crippen LogP contribution in [0.25, 0.3) is 0 Å². The molecule has 2 aromatic rings. The molecule has 0 bridgehead atoms. The number of nitrogens with zero attached hydrogens (tertiary/aromatic N) is 2. The minimum Gasteiger partial charge on any atom is -0.264 e. The quantitative estimate of drug-likeness (QED) is 0.859. The molecule has 0 aliphatic heterocycles. The predicted octanol–water partition coefficient (Wildman–Crippen LogP) is 2.66. The number of benzene rings is 1. The topological polar surface area (TPSA) is 50.3 Å². The average molecular weight is 341 g/mol. The minimum absolute atomic E-state index is 0.265. The third kappa shape index (κ3) is 3.20. The van der Waals surface area contributed by atoms with Crippen LogP contribution in [-0.2, 0) is 16.6 Å². The largest absolute Gasteiger partial charge is 0.264 e. The summed E-state index contributed by atoms with van der Waals surface area (Å²) in [5.74, 6) is 0. The fraction of sp³-hybridized carbons (Fsp3) is 0.154. The van der Waals surface area contributed by atoms with Crippen molar-refractivity contribution in [1.29, 1.82) is 0 Å². The molecule has 2 rings (SSSR count). The molecule has 1 aromatic heterocycles. The first-order chi connectivity index (χ1) is 9.01. The van der Waals surface area contributed by atoms with E-state index in [-0.39, 0.29) is 11.4 Å². The van der Waals surface area contributed by atoms with Gasteiger partial charge >= 0.3 is 0 Å². The summed E-state index contributed by atoms with van der Waals surface area (Å²) in [5, 5.41) is 0. The van der Waals surface area contributed by atoms with Crippen LogP contribution in [-0.4, -0.2) is 24.8 Å². The molecular formula is C13H13BrN2O2S. The van der Waals surface area contributed by atoms with Crippen LogP contribution < -0.4 is 0 Å². The molecule has 1 aromatic carbocycles. The van der Waals surface area contributed by atoms with Gasteiger partial charge in [0, 0.05) is 30.5 Å². The Morgan fingerprint density at radius 3 is 2.58 bits per heavy atom. The van der Waals surface area contributed by atoms with Crippen molar-refractivity contribution in [3.05, 3.63) is 58.8 Å². The van der Waals surface area contributed by atoms with Gasteiger partial charge in [-0.2, -0.15) is 4.31 Å². The second-order valence-corrected chi connectivity index (χ2v) is 6.92. The summed E-state index contributed by atoms with van der Waals surface area (Å²) in [5.41, 5.74) is 0.848. The van der Waals surface area contributed by atoms with Gasteiger partial charge in [-0.1, -0.05) is 18.2 Å². The average Bonchev–Trinajstić information content (AvgIpc) is 2.40. The van der Waals surface area contributed by atoms with Gasteiger partial charge in [-0.25, -0.2) is 8.42 Å². The van der Waals surface area contributed by atoms with Gasteiger partial charge in [-0.15, -0.1) is 0 Å². The van der Waals surface area contributed by atoms with E-state index in [4.69, 9.17) is 0 Å². The third-order valence-corrected chi connectivity index (χ3v) is 5.47. The highest BCUT2D eigenvalue weighted by Crippen LogP contribution is 2.24. The van der Waals surface area contributed by atoms with Gasteiger partial charge in [0.05, 0.1) is 4.90 Å². The second kappa shape index (κ2) is 5.81. The van der Waals surface area contributed by atoms with Crippen molar-refractivity contribution in [3.8, 4) is 0 Å². The Labute approximate surface area is 121 Å². The van der Waals surface area contributed by atoms with E-state index >= 15 is 0 Å². The minimum atomic E-state index is -3.51. The monoisotopic (exact) mass is 340 g/mol. The van der Waals surface area contributed by atoms with Crippen molar-refractivity contribution < 1.29 is 8.42 Å². The van der Waals surface area contributed by atoms with Crippen LogP contribution in [0.4, 0.5) is 0 Å². The van der Waals surface area contributed by atoms with E-state index in [9.17, 15) is 8.42 Å². The van der Waals surface area contributed by atoms with Gasteiger partial charge in [0.2, 0.25) is 10.0 Å². The van der Waals surface area contributed by atoms with Gasteiger partial charge in [0.25, 0.3) is 0 Å². The SMILES string of the molecule is CN(Cc1cccnc1)S(=O)(=O)c1ccccc1Br. The standard InChI is InChI=1S/C13H13BrN2O2S/c1-16(10-11-5-4-8-15-9-11)19(17,18)13-7-3-2-6-12(13)14/h2-9H,10H2,1H3. The number of rotatable bonds is 4. The molecule has 0 fully saturated rings. The summed E-state index contributed by atoms with van der Waals surface area (Å²) >= 11 is 3.27. The maximum atomic E-state index is 12.4. The molecule has 0 atom stereocenters. The first-order valence-electron chi connectivity index (χ1n) is 5.61. The van der Waals surface area contributed by atoms with Gasteiger partial charge in [-0.05, 0) is 39.7 Å². The van der Waals surface area contributed by atoms with E-state index in [0.29, 0.717) is 4.47 Å². The molecule has 4 nitrogen and oxygen atoms in total. The van der Waals surface area contributed by atoms with E-state index in [1.807, 2.05) is 6.07 Å². The lowest BCUT2D eigenvalue weighted by molar-refractivity contribution is 0.466. The summed E-state index contributed by atoms with van der Waals surface area (Å²) in [6, 6.07) is 10.4. The molecule has 0 saturated carbocycles. The molecule has 0 amide bonds. The highest BCUT2D eigenvalue weighted by molar-refractivity contribution is 9.10. The van der Waals surface area contributed by atoms with Crippen LogP contribution in [0, 0.1) is 0 Å². The summed E-state index contributed by atoms with van der Waals surface area (Å²) in [6.07, 6.45) is 3.32. The first-order valence-corrected chi connectivity index (χ1v) is 7.85. The molecule has 0 saturated heterocycles. The van der Waals surface area contributed by atoms with E-state index < -0.39 is 10.0 Å². The molecule has 1 heterocycles. The Hall–Kier alpha value is -1.24. The number of pyridine rings is 1.